The van der Waals surface area contributed by atoms with Crippen molar-refractivity contribution >= 4 is 57.1 Å². The number of fused-ring (bicyclic) bond motifs is 3. The lowest BCUT2D eigenvalue weighted by Crippen LogP contribution is -2.28. The Morgan fingerprint density at radius 1 is 1.15 bits per heavy atom. The van der Waals surface area contributed by atoms with Gasteiger partial charge in [0.05, 0.1) is 22.1 Å². The minimum Gasteiger partial charge on any atom is -0.349 e. The van der Waals surface area contributed by atoms with Gasteiger partial charge in [0.15, 0.2) is 0 Å². The summed E-state index contributed by atoms with van der Waals surface area (Å²) in [5, 5.41) is 10.4. The zero-order chi connectivity index (χ0) is 22.8. The van der Waals surface area contributed by atoms with Gasteiger partial charge in [-0.2, -0.15) is 0 Å². The Morgan fingerprint density at radius 2 is 2.00 bits per heavy atom. The molecular formula is C25H27IN6S. The zero-order valence-corrected chi connectivity index (χ0v) is 21.6. The lowest BCUT2D eigenvalue weighted by atomic mass is 10.1. The van der Waals surface area contributed by atoms with Crippen molar-refractivity contribution in [3.8, 4) is 11.3 Å². The van der Waals surface area contributed by atoms with Gasteiger partial charge in [0, 0.05) is 45.2 Å². The van der Waals surface area contributed by atoms with E-state index in [1.165, 1.54) is 31.2 Å². The molecule has 1 aromatic carbocycles. The minimum absolute atomic E-state index is 0.567. The van der Waals surface area contributed by atoms with Crippen molar-refractivity contribution in [2.75, 3.05) is 17.2 Å². The number of nitrogens with zero attached hydrogens (tertiary/aromatic N) is 3. The third kappa shape index (κ3) is 5.33. The second kappa shape index (κ2) is 9.99. The Kier molecular flexibility index (Phi) is 6.84. The largest absolute Gasteiger partial charge is 0.349 e. The third-order valence-corrected chi connectivity index (χ3v) is 7.24. The van der Waals surface area contributed by atoms with Gasteiger partial charge >= 0.3 is 0 Å². The van der Waals surface area contributed by atoms with Gasteiger partial charge in [-0.05, 0) is 85.2 Å². The number of aromatic nitrogens is 3. The first kappa shape index (κ1) is 22.6. The second-order valence-corrected chi connectivity index (χ2v) is 10.5. The van der Waals surface area contributed by atoms with Crippen LogP contribution in [0, 0.1) is 10.5 Å². The van der Waals surface area contributed by atoms with Crippen LogP contribution in [0.4, 0.5) is 17.3 Å². The van der Waals surface area contributed by atoms with Crippen LogP contribution < -0.4 is 16.0 Å². The van der Waals surface area contributed by atoms with Crippen LogP contribution in [0.5, 0.6) is 0 Å². The summed E-state index contributed by atoms with van der Waals surface area (Å²) in [6, 6.07) is 9.14. The Hall–Kier alpha value is -2.17. The van der Waals surface area contributed by atoms with Crippen molar-refractivity contribution in [2.45, 2.75) is 51.5 Å². The quantitative estimate of drug-likeness (QED) is 0.265. The van der Waals surface area contributed by atoms with E-state index in [4.69, 9.17) is 17.2 Å². The van der Waals surface area contributed by atoms with Crippen molar-refractivity contribution < 1.29 is 0 Å². The predicted octanol–water partition coefficient (Wildman–Crippen LogP) is 5.57. The van der Waals surface area contributed by atoms with E-state index in [1.54, 1.807) is 0 Å². The van der Waals surface area contributed by atoms with E-state index in [0.717, 1.165) is 55.4 Å². The molecule has 1 fully saturated rings. The molecule has 0 amide bonds. The molecule has 1 aliphatic heterocycles. The topological polar surface area (TPSA) is 74.8 Å². The summed E-state index contributed by atoms with van der Waals surface area (Å²) in [5.74, 6) is 0.567. The molecule has 0 spiro atoms. The molecule has 0 unspecified atom stereocenters. The molecule has 33 heavy (non-hydrogen) atoms. The molecule has 6 nitrogen and oxygen atoms in total. The molecule has 2 aromatic heterocycles. The van der Waals surface area contributed by atoms with Gasteiger partial charge in [-0.3, -0.25) is 4.98 Å². The summed E-state index contributed by atoms with van der Waals surface area (Å²) in [6.45, 7) is 2.98. The maximum Gasteiger partial charge on any atom is 0.227 e. The molecule has 0 saturated heterocycles. The Morgan fingerprint density at radius 3 is 2.85 bits per heavy atom. The Labute approximate surface area is 213 Å². The molecule has 0 atom stereocenters. The number of thiocarbonyl (C=S) groups is 1. The van der Waals surface area contributed by atoms with E-state index in [0.29, 0.717) is 18.4 Å². The third-order valence-electron chi connectivity index (χ3n) is 6.32. The maximum atomic E-state index is 5.53. The molecule has 3 aromatic rings. The summed E-state index contributed by atoms with van der Waals surface area (Å²) < 4.78 is 1.15. The highest BCUT2D eigenvalue weighted by Crippen LogP contribution is 2.34. The van der Waals surface area contributed by atoms with E-state index >= 15 is 0 Å². The highest BCUT2D eigenvalue weighted by Gasteiger charge is 2.20. The molecular weight excluding hydrogens is 543 g/mol. The minimum atomic E-state index is 0.567. The first-order chi connectivity index (χ1) is 16.0. The standard InChI is InChI=1S/C25H27IN6S/c1-15-21(10-16(13-28-15)8-9-27-19-4-2-3-5-19)31-25-29-14-17-11-23(33)30-22-12-18(26)6-7-20(22)24(17)32-25/h6-7,10,12-14,19,27H,2-5,8-9,11H2,1H3,(H,30,33)(H,29,31,32). The average Bonchev–Trinajstić information content (AvgIpc) is 3.26. The van der Waals surface area contributed by atoms with Crippen molar-refractivity contribution in [3.63, 3.8) is 0 Å². The molecule has 2 aliphatic rings. The van der Waals surface area contributed by atoms with Crippen molar-refractivity contribution in [3.05, 3.63) is 57.1 Å². The fourth-order valence-electron chi connectivity index (χ4n) is 4.53. The Balaban J connectivity index is 1.37. The molecule has 3 heterocycles. The van der Waals surface area contributed by atoms with E-state index in [1.807, 2.05) is 19.3 Å². The molecule has 1 saturated carbocycles. The first-order valence-electron chi connectivity index (χ1n) is 11.5. The monoisotopic (exact) mass is 570 g/mol. The lowest BCUT2D eigenvalue weighted by Gasteiger charge is -2.14. The van der Waals surface area contributed by atoms with Gasteiger partial charge < -0.3 is 16.0 Å². The van der Waals surface area contributed by atoms with Crippen LogP contribution in [-0.2, 0) is 12.8 Å². The number of nitrogens with one attached hydrogen (secondary N) is 3. The molecule has 8 heteroatoms. The van der Waals surface area contributed by atoms with E-state index in [2.05, 4.69) is 72.8 Å². The number of pyridine rings is 1. The first-order valence-corrected chi connectivity index (χ1v) is 13.0. The molecule has 5 rings (SSSR count). The van der Waals surface area contributed by atoms with Crippen molar-refractivity contribution in [1.82, 2.24) is 20.3 Å². The van der Waals surface area contributed by atoms with Gasteiger partial charge in [-0.1, -0.05) is 25.1 Å². The van der Waals surface area contributed by atoms with Gasteiger partial charge in [-0.25, -0.2) is 9.97 Å². The smallest absolute Gasteiger partial charge is 0.227 e. The molecule has 3 N–H and O–H groups in total. The van der Waals surface area contributed by atoms with Crippen LogP contribution in [0.2, 0.25) is 0 Å². The van der Waals surface area contributed by atoms with Crippen LogP contribution in [-0.4, -0.2) is 32.5 Å². The fraction of sp³-hybridized carbons (Fsp3) is 0.360. The number of hydrogen-bond donors (Lipinski definition) is 3. The average molecular weight is 571 g/mol. The molecule has 0 radical (unpaired) electrons. The normalized spacial score (nSPS) is 15.5. The number of benzene rings is 1. The lowest BCUT2D eigenvalue weighted by molar-refractivity contribution is 0.527. The second-order valence-electron chi connectivity index (χ2n) is 8.77. The SMILES string of the molecule is Cc1ncc(CCNC2CCCC2)cc1Nc1ncc2c(n1)-c1ccc(I)cc1NC(=S)C2. The van der Waals surface area contributed by atoms with Crippen molar-refractivity contribution in [2.24, 2.45) is 0 Å². The number of halogens is 1. The van der Waals surface area contributed by atoms with Gasteiger partial charge in [0.2, 0.25) is 5.95 Å². The van der Waals surface area contributed by atoms with Gasteiger partial charge in [-0.15, -0.1) is 0 Å². The highest BCUT2D eigenvalue weighted by atomic mass is 127. The number of anilines is 3. The van der Waals surface area contributed by atoms with E-state index < -0.39 is 0 Å². The molecule has 0 bridgehead atoms. The fourth-order valence-corrected chi connectivity index (χ4v) is 5.29. The predicted molar refractivity (Wildman–Crippen MR) is 146 cm³/mol. The molecule has 1 aliphatic carbocycles. The van der Waals surface area contributed by atoms with Crippen LogP contribution in [0.15, 0.2) is 36.7 Å². The van der Waals surface area contributed by atoms with Crippen LogP contribution >= 0.6 is 34.8 Å². The number of hydrogen-bond acceptors (Lipinski definition) is 6. The summed E-state index contributed by atoms with van der Waals surface area (Å²) >= 11 is 7.84. The number of aryl methyl sites for hydroxylation is 1. The summed E-state index contributed by atoms with van der Waals surface area (Å²) in [5.41, 5.74) is 7.05. The van der Waals surface area contributed by atoms with Gasteiger partial charge in [0.25, 0.3) is 0 Å². The van der Waals surface area contributed by atoms with Gasteiger partial charge in [0.1, 0.15) is 0 Å². The summed E-state index contributed by atoms with van der Waals surface area (Å²) in [4.78, 5) is 14.9. The van der Waals surface area contributed by atoms with Crippen LogP contribution in [0.3, 0.4) is 0 Å². The maximum absolute atomic E-state index is 5.53. The van der Waals surface area contributed by atoms with Crippen LogP contribution in [0.1, 0.15) is 42.5 Å². The molecule has 170 valence electrons. The van der Waals surface area contributed by atoms with Crippen molar-refractivity contribution in [1.29, 1.82) is 0 Å². The highest BCUT2D eigenvalue weighted by molar-refractivity contribution is 14.1. The van der Waals surface area contributed by atoms with Crippen LogP contribution in [0.25, 0.3) is 11.3 Å². The number of rotatable bonds is 6. The summed E-state index contributed by atoms with van der Waals surface area (Å²) in [6.07, 6.45) is 10.7. The van der Waals surface area contributed by atoms with E-state index in [-0.39, 0.29) is 0 Å². The Bertz CT molecular complexity index is 1190. The van der Waals surface area contributed by atoms with E-state index in [9.17, 15) is 0 Å². The summed E-state index contributed by atoms with van der Waals surface area (Å²) in [7, 11) is 0. The zero-order valence-electron chi connectivity index (χ0n) is 18.6.